The molecule has 1 N–H and O–H groups in total. The summed E-state index contributed by atoms with van der Waals surface area (Å²) < 4.78 is 33.7. The number of aromatic nitrogens is 1. The SMILES string of the molecule is CCOC(=O)Cc1ccc(CCNS(=O)(=O)Cc2ccccc2)n1C. The zero-order valence-electron chi connectivity index (χ0n) is 14.6. The summed E-state index contributed by atoms with van der Waals surface area (Å²) in [6, 6.07) is 12.8. The number of esters is 1. The molecule has 6 nitrogen and oxygen atoms in total. The molecule has 0 spiro atoms. The predicted octanol–water partition coefficient (Wildman–Crippen LogP) is 1.79. The van der Waals surface area contributed by atoms with E-state index in [1.807, 2.05) is 41.9 Å². The van der Waals surface area contributed by atoms with Crippen molar-refractivity contribution in [2.45, 2.75) is 25.5 Å². The highest BCUT2D eigenvalue weighted by atomic mass is 32.2. The third-order valence-corrected chi connectivity index (χ3v) is 5.22. The van der Waals surface area contributed by atoms with E-state index in [2.05, 4.69) is 4.72 Å². The second kappa shape index (κ2) is 8.82. The Hall–Kier alpha value is -2.12. The van der Waals surface area contributed by atoms with E-state index in [9.17, 15) is 13.2 Å². The number of hydrogen-bond donors (Lipinski definition) is 1. The van der Waals surface area contributed by atoms with Gasteiger partial charge in [-0.2, -0.15) is 0 Å². The molecule has 0 unspecified atom stereocenters. The second-order valence-electron chi connectivity index (χ2n) is 5.75. The first kappa shape index (κ1) is 19.2. The van der Waals surface area contributed by atoms with Gasteiger partial charge >= 0.3 is 5.97 Å². The lowest BCUT2D eigenvalue weighted by Gasteiger charge is -2.09. The van der Waals surface area contributed by atoms with Gasteiger partial charge in [0.1, 0.15) is 0 Å². The average Bonchev–Trinajstić information content (AvgIpc) is 2.89. The summed E-state index contributed by atoms with van der Waals surface area (Å²) in [7, 11) is -1.51. The highest BCUT2D eigenvalue weighted by molar-refractivity contribution is 7.88. The minimum atomic E-state index is -3.37. The Kier molecular flexibility index (Phi) is 6.78. The number of ether oxygens (including phenoxy) is 1. The molecule has 0 aliphatic heterocycles. The van der Waals surface area contributed by atoms with Gasteiger partial charge in [0.25, 0.3) is 0 Å². The Morgan fingerprint density at radius 2 is 1.80 bits per heavy atom. The third-order valence-electron chi connectivity index (χ3n) is 3.86. The minimum Gasteiger partial charge on any atom is -0.466 e. The van der Waals surface area contributed by atoms with Crippen molar-refractivity contribution in [1.82, 2.24) is 9.29 Å². The number of carbonyl (C=O) groups excluding carboxylic acids is 1. The smallest absolute Gasteiger partial charge is 0.311 e. The molecule has 1 aromatic carbocycles. The van der Waals surface area contributed by atoms with Crippen molar-refractivity contribution in [3.05, 3.63) is 59.4 Å². The Labute approximate surface area is 148 Å². The molecule has 2 aromatic rings. The topological polar surface area (TPSA) is 77.4 Å². The van der Waals surface area contributed by atoms with Crippen LogP contribution in [-0.4, -0.2) is 32.1 Å². The summed E-state index contributed by atoms with van der Waals surface area (Å²) in [4.78, 5) is 11.6. The van der Waals surface area contributed by atoms with Crippen LogP contribution in [0.4, 0.5) is 0 Å². The van der Waals surface area contributed by atoms with Gasteiger partial charge in [-0.05, 0) is 24.6 Å². The van der Waals surface area contributed by atoms with Gasteiger partial charge in [-0.3, -0.25) is 4.79 Å². The van der Waals surface area contributed by atoms with Crippen molar-refractivity contribution in [2.75, 3.05) is 13.2 Å². The maximum atomic E-state index is 12.1. The maximum absolute atomic E-state index is 12.1. The van der Waals surface area contributed by atoms with Crippen LogP contribution in [0, 0.1) is 0 Å². The highest BCUT2D eigenvalue weighted by Gasteiger charge is 2.13. The minimum absolute atomic E-state index is 0.0327. The fraction of sp³-hybridized carbons (Fsp3) is 0.389. The van der Waals surface area contributed by atoms with E-state index in [4.69, 9.17) is 4.74 Å². The zero-order chi connectivity index (χ0) is 18.3. The molecule has 0 saturated heterocycles. The standard InChI is InChI=1S/C18H24N2O4S/c1-3-24-18(21)13-17-10-9-16(20(17)2)11-12-19-25(22,23)14-15-7-5-4-6-8-15/h4-10,19H,3,11-14H2,1-2H3. The molecule has 2 rings (SSSR count). The molecule has 7 heteroatoms. The first-order valence-corrected chi connectivity index (χ1v) is 9.87. The molecule has 1 aromatic heterocycles. The summed E-state index contributed by atoms with van der Waals surface area (Å²) in [5, 5.41) is 0. The van der Waals surface area contributed by atoms with Crippen molar-refractivity contribution < 1.29 is 17.9 Å². The molecule has 136 valence electrons. The van der Waals surface area contributed by atoms with Crippen molar-refractivity contribution >= 4 is 16.0 Å². The van der Waals surface area contributed by atoms with E-state index in [0.717, 1.165) is 17.0 Å². The lowest BCUT2D eigenvalue weighted by molar-refractivity contribution is -0.142. The van der Waals surface area contributed by atoms with E-state index in [1.54, 1.807) is 19.1 Å². The molecule has 0 aliphatic carbocycles. The van der Waals surface area contributed by atoms with Gasteiger partial charge in [0, 0.05) is 31.4 Å². The van der Waals surface area contributed by atoms with E-state index in [1.165, 1.54) is 0 Å². The summed E-state index contributed by atoms with van der Waals surface area (Å²) in [6.07, 6.45) is 0.761. The average molecular weight is 364 g/mol. The molecule has 25 heavy (non-hydrogen) atoms. The number of nitrogens with zero attached hydrogens (tertiary/aromatic N) is 1. The largest absolute Gasteiger partial charge is 0.466 e. The van der Waals surface area contributed by atoms with E-state index in [-0.39, 0.29) is 18.1 Å². The Bertz CT molecular complexity index is 798. The van der Waals surface area contributed by atoms with Gasteiger partial charge in [0.15, 0.2) is 0 Å². The van der Waals surface area contributed by atoms with Crippen molar-refractivity contribution in [1.29, 1.82) is 0 Å². The molecule has 0 aliphatic rings. The van der Waals surface area contributed by atoms with Crippen LogP contribution in [0.1, 0.15) is 23.9 Å². The molecule has 0 atom stereocenters. The van der Waals surface area contributed by atoms with Crippen molar-refractivity contribution in [2.24, 2.45) is 7.05 Å². The number of sulfonamides is 1. The van der Waals surface area contributed by atoms with Gasteiger partial charge < -0.3 is 9.30 Å². The van der Waals surface area contributed by atoms with Gasteiger partial charge in [0.05, 0.1) is 18.8 Å². The zero-order valence-corrected chi connectivity index (χ0v) is 15.4. The van der Waals surface area contributed by atoms with Crippen LogP contribution in [0.25, 0.3) is 0 Å². The lowest BCUT2D eigenvalue weighted by Crippen LogP contribution is -2.27. The van der Waals surface area contributed by atoms with Crippen LogP contribution in [0.3, 0.4) is 0 Å². The molecule has 0 amide bonds. The van der Waals surface area contributed by atoms with Crippen LogP contribution < -0.4 is 4.72 Å². The summed E-state index contributed by atoms with van der Waals surface area (Å²) >= 11 is 0. The third kappa shape index (κ3) is 6.03. The molecule has 0 fully saturated rings. The number of benzene rings is 1. The quantitative estimate of drug-likeness (QED) is 0.688. The predicted molar refractivity (Wildman–Crippen MR) is 96.5 cm³/mol. The maximum Gasteiger partial charge on any atom is 0.311 e. The van der Waals surface area contributed by atoms with Gasteiger partial charge in [-0.25, -0.2) is 13.1 Å². The van der Waals surface area contributed by atoms with Crippen LogP contribution >= 0.6 is 0 Å². The van der Waals surface area contributed by atoms with E-state index >= 15 is 0 Å². The van der Waals surface area contributed by atoms with Gasteiger partial charge in [0.2, 0.25) is 10.0 Å². The van der Waals surface area contributed by atoms with Gasteiger partial charge in [-0.15, -0.1) is 0 Å². The molecular weight excluding hydrogens is 340 g/mol. The Morgan fingerprint density at radius 1 is 1.12 bits per heavy atom. The summed E-state index contributed by atoms with van der Waals surface area (Å²) in [5.74, 6) is -0.298. The van der Waals surface area contributed by atoms with Crippen LogP contribution in [0.2, 0.25) is 0 Å². The number of hydrogen-bond acceptors (Lipinski definition) is 4. The Morgan fingerprint density at radius 3 is 2.48 bits per heavy atom. The fourth-order valence-electron chi connectivity index (χ4n) is 2.57. The number of rotatable bonds is 9. The van der Waals surface area contributed by atoms with Crippen LogP contribution in [-0.2, 0) is 45.2 Å². The molecular formula is C18H24N2O4S. The molecule has 1 heterocycles. The molecule has 0 radical (unpaired) electrons. The van der Waals surface area contributed by atoms with E-state index in [0.29, 0.717) is 19.6 Å². The normalized spacial score (nSPS) is 11.4. The van der Waals surface area contributed by atoms with Crippen molar-refractivity contribution in [3.8, 4) is 0 Å². The lowest BCUT2D eigenvalue weighted by atomic mass is 10.2. The molecule has 0 bridgehead atoms. The van der Waals surface area contributed by atoms with Crippen LogP contribution in [0.15, 0.2) is 42.5 Å². The van der Waals surface area contributed by atoms with E-state index < -0.39 is 10.0 Å². The van der Waals surface area contributed by atoms with Gasteiger partial charge in [-0.1, -0.05) is 30.3 Å². The van der Waals surface area contributed by atoms with Crippen LogP contribution in [0.5, 0.6) is 0 Å². The first-order valence-electron chi connectivity index (χ1n) is 8.21. The number of nitrogens with one attached hydrogen (secondary N) is 1. The fourth-order valence-corrected chi connectivity index (χ4v) is 3.71. The second-order valence-corrected chi connectivity index (χ2v) is 7.55. The Balaban J connectivity index is 1.87. The first-order chi connectivity index (χ1) is 11.9. The monoisotopic (exact) mass is 364 g/mol. The summed E-state index contributed by atoms with van der Waals surface area (Å²) in [5.41, 5.74) is 2.56. The highest BCUT2D eigenvalue weighted by Crippen LogP contribution is 2.10. The number of carbonyl (C=O) groups is 1. The summed E-state index contributed by atoms with van der Waals surface area (Å²) in [6.45, 7) is 2.45. The molecule has 0 saturated carbocycles. The van der Waals surface area contributed by atoms with Crippen molar-refractivity contribution in [3.63, 3.8) is 0 Å².